The standard InChI is InChI=1S/C17H21F4N3O/c1-5-24-14(10(2)8-23-24)12-9-22-11(6-13(12)25-16(20)21)7-17(3,4)15(18)19/h6,8-9,15-16H,5,7H2,1-4H3. The van der Waals surface area contributed by atoms with Gasteiger partial charge in [0.05, 0.1) is 17.5 Å². The van der Waals surface area contributed by atoms with Crippen molar-refractivity contribution in [1.29, 1.82) is 0 Å². The molecule has 25 heavy (non-hydrogen) atoms. The normalized spacial score (nSPS) is 12.2. The first kappa shape index (κ1) is 19.2. The third kappa shape index (κ3) is 4.29. The van der Waals surface area contributed by atoms with E-state index in [-0.39, 0.29) is 17.9 Å². The van der Waals surface area contributed by atoms with E-state index in [0.29, 0.717) is 17.8 Å². The molecule has 2 aromatic heterocycles. The average Bonchev–Trinajstić information content (AvgIpc) is 2.87. The van der Waals surface area contributed by atoms with E-state index in [4.69, 9.17) is 0 Å². The van der Waals surface area contributed by atoms with Gasteiger partial charge in [-0.2, -0.15) is 13.9 Å². The van der Waals surface area contributed by atoms with Crippen LogP contribution in [0.5, 0.6) is 5.75 Å². The maximum Gasteiger partial charge on any atom is 0.387 e. The molecule has 2 heterocycles. The van der Waals surface area contributed by atoms with Crippen LogP contribution in [-0.4, -0.2) is 27.8 Å². The number of aryl methyl sites for hydroxylation is 2. The number of rotatable bonds is 7. The first-order valence-corrected chi connectivity index (χ1v) is 7.90. The van der Waals surface area contributed by atoms with Crippen LogP contribution in [0.4, 0.5) is 17.6 Å². The molecule has 0 radical (unpaired) electrons. The van der Waals surface area contributed by atoms with E-state index < -0.39 is 18.5 Å². The quantitative estimate of drug-likeness (QED) is 0.672. The first-order chi connectivity index (χ1) is 11.7. The van der Waals surface area contributed by atoms with Gasteiger partial charge in [-0.25, -0.2) is 8.78 Å². The summed E-state index contributed by atoms with van der Waals surface area (Å²) in [6.45, 7) is 3.98. The van der Waals surface area contributed by atoms with Crippen LogP contribution in [0.1, 0.15) is 32.0 Å². The van der Waals surface area contributed by atoms with Crippen molar-refractivity contribution in [3.05, 3.63) is 29.7 Å². The molecule has 0 saturated carbocycles. The van der Waals surface area contributed by atoms with E-state index in [1.807, 2.05) is 6.92 Å². The maximum atomic E-state index is 13.1. The molecule has 138 valence electrons. The number of nitrogens with zero attached hydrogens (tertiary/aromatic N) is 3. The zero-order chi connectivity index (χ0) is 18.8. The van der Waals surface area contributed by atoms with Crippen LogP contribution in [0.3, 0.4) is 0 Å². The van der Waals surface area contributed by atoms with Gasteiger partial charge >= 0.3 is 6.61 Å². The summed E-state index contributed by atoms with van der Waals surface area (Å²) >= 11 is 0. The average molecular weight is 359 g/mol. The van der Waals surface area contributed by atoms with Gasteiger partial charge in [0.25, 0.3) is 0 Å². The van der Waals surface area contributed by atoms with Crippen LogP contribution in [0, 0.1) is 12.3 Å². The van der Waals surface area contributed by atoms with E-state index >= 15 is 0 Å². The first-order valence-electron chi connectivity index (χ1n) is 7.90. The third-order valence-electron chi connectivity index (χ3n) is 3.94. The fourth-order valence-electron chi connectivity index (χ4n) is 2.56. The van der Waals surface area contributed by atoms with Crippen molar-refractivity contribution in [2.45, 2.75) is 53.7 Å². The smallest absolute Gasteiger partial charge is 0.387 e. The Labute approximate surface area is 143 Å². The summed E-state index contributed by atoms with van der Waals surface area (Å²) in [4.78, 5) is 4.19. The number of hydrogen-bond acceptors (Lipinski definition) is 3. The van der Waals surface area contributed by atoms with Crippen LogP contribution < -0.4 is 4.74 Å². The summed E-state index contributed by atoms with van der Waals surface area (Å²) in [5.41, 5.74) is 0.701. The number of ether oxygens (including phenoxy) is 1. The predicted octanol–water partition coefficient (Wildman–Crippen LogP) is 4.71. The highest BCUT2D eigenvalue weighted by atomic mass is 19.3. The molecular weight excluding hydrogens is 338 g/mol. The summed E-state index contributed by atoms with van der Waals surface area (Å²) in [6.07, 6.45) is 0.386. The lowest BCUT2D eigenvalue weighted by molar-refractivity contribution is -0.0496. The lowest BCUT2D eigenvalue weighted by atomic mass is 9.88. The highest BCUT2D eigenvalue weighted by Crippen LogP contribution is 2.35. The Hall–Kier alpha value is -2.12. The molecule has 2 rings (SSSR count). The summed E-state index contributed by atoms with van der Waals surface area (Å²) in [7, 11) is 0. The van der Waals surface area contributed by atoms with Gasteiger partial charge in [-0.05, 0) is 19.4 Å². The van der Waals surface area contributed by atoms with E-state index in [0.717, 1.165) is 5.56 Å². The highest BCUT2D eigenvalue weighted by Gasteiger charge is 2.31. The second-order valence-electron chi connectivity index (χ2n) is 6.51. The Morgan fingerprint density at radius 2 is 1.88 bits per heavy atom. The molecule has 2 aromatic rings. The van der Waals surface area contributed by atoms with Gasteiger partial charge in [0.2, 0.25) is 6.43 Å². The molecule has 0 aliphatic carbocycles. The van der Waals surface area contributed by atoms with Gasteiger partial charge in [0.1, 0.15) is 5.75 Å². The van der Waals surface area contributed by atoms with Crippen LogP contribution in [0.15, 0.2) is 18.5 Å². The fraction of sp³-hybridized carbons (Fsp3) is 0.529. The Kier molecular flexibility index (Phi) is 5.69. The molecule has 8 heteroatoms. The molecular formula is C17H21F4N3O. The van der Waals surface area contributed by atoms with E-state index in [9.17, 15) is 17.6 Å². The van der Waals surface area contributed by atoms with Crippen LogP contribution in [0.25, 0.3) is 11.3 Å². The molecule has 0 aliphatic rings. The summed E-state index contributed by atoms with van der Waals surface area (Å²) in [5.74, 6) is -0.0941. The van der Waals surface area contributed by atoms with Crippen molar-refractivity contribution in [2.24, 2.45) is 5.41 Å². The van der Waals surface area contributed by atoms with Gasteiger partial charge in [-0.15, -0.1) is 0 Å². The zero-order valence-electron chi connectivity index (χ0n) is 14.6. The van der Waals surface area contributed by atoms with Crippen molar-refractivity contribution >= 4 is 0 Å². The number of alkyl halides is 4. The monoisotopic (exact) mass is 359 g/mol. The molecule has 0 aliphatic heterocycles. The molecule has 0 spiro atoms. The van der Waals surface area contributed by atoms with E-state index in [2.05, 4.69) is 14.8 Å². The SMILES string of the molecule is CCn1ncc(C)c1-c1cnc(CC(C)(C)C(F)F)cc1OC(F)F. The molecule has 0 fully saturated rings. The van der Waals surface area contributed by atoms with Crippen LogP contribution in [0.2, 0.25) is 0 Å². The number of pyridine rings is 1. The summed E-state index contributed by atoms with van der Waals surface area (Å²) in [6, 6.07) is 1.30. The van der Waals surface area contributed by atoms with Gasteiger partial charge in [-0.1, -0.05) is 13.8 Å². The van der Waals surface area contributed by atoms with Gasteiger partial charge in [0.15, 0.2) is 0 Å². The molecule has 0 bridgehead atoms. The highest BCUT2D eigenvalue weighted by molar-refractivity contribution is 5.69. The minimum atomic E-state index is -3.03. The van der Waals surface area contributed by atoms with Gasteiger partial charge in [0, 0.05) is 36.3 Å². The molecule has 4 nitrogen and oxygen atoms in total. The van der Waals surface area contributed by atoms with E-state index in [1.165, 1.54) is 26.1 Å². The summed E-state index contributed by atoms with van der Waals surface area (Å²) < 4.78 is 58.1. The van der Waals surface area contributed by atoms with Crippen molar-refractivity contribution in [1.82, 2.24) is 14.8 Å². The Bertz CT molecular complexity index is 729. The molecule has 0 saturated heterocycles. The summed E-state index contributed by atoms with van der Waals surface area (Å²) in [5, 5.41) is 4.18. The topological polar surface area (TPSA) is 39.9 Å². The lowest BCUT2D eigenvalue weighted by Crippen LogP contribution is -2.25. The molecule has 0 N–H and O–H groups in total. The minimum Gasteiger partial charge on any atom is -0.434 e. The second-order valence-corrected chi connectivity index (χ2v) is 6.51. The Morgan fingerprint density at radius 3 is 2.44 bits per heavy atom. The van der Waals surface area contributed by atoms with Crippen molar-refractivity contribution in [2.75, 3.05) is 0 Å². The second kappa shape index (κ2) is 7.41. The zero-order valence-corrected chi connectivity index (χ0v) is 14.6. The van der Waals surface area contributed by atoms with Crippen LogP contribution >= 0.6 is 0 Å². The van der Waals surface area contributed by atoms with Gasteiger partial charge in [-0.3, -0.25) is 9.67 Å². The Balaban J connectivity index is 2.49. The number of aromatic nitrogens is 3. The maximum absolute atomic E-state index is 13.1. The number of hydrogen-bond donors (Lipinski definition) is 0. The largest absolute Gasteiger partial charge is 0.434 e. The minimum absolute atomic E-state index is 0.0590. The van der Waals surface area contributed by atoms with Gasteiger partial charge < -0.3 is 4.74 Å². The lowest BCUT2D eigenvalue weighted by Gasteiger charge is -2.23. The third-order valence-corrected chi connectivity index (χ3v) is 3.94. The molecule has 0 unspecified atom stereocenters. The molecule has 0 aromatic carbocycles. The molecule has 0 atom stereocenters. The number of halogens is 4. The van der Waals surface area contributed by atoms with Crippen molar-refractivity contribution in [3.63, 3.8) is 0 Å². The fourth-order valence-corrected chi connectivity index (χ4v) is 2.56. The molecule has 0 amide bonds. The van der Waals surface area contributed by atoms with Crippen LogP contribution in [-0.2, 0) is 13.0 Å². The predicted molar refractivity (Wildman–Crippen MR) is 86.0 cm³/mol. The van der Waals surface area contributed by atoms with E-state index in [1.54, 1.807) is 17.8 Å². The Morgan fingerprint density at radius 1 is 1.20 bits per heavy atom. The van der Waals surface area contributed by atoms with Crippen molar-refractivity contribution < 1.29 is 22.3 Å². The van der Waals surface area contributed by atoms with Crippen molar-refractivity contribution in [3.8, 4) is 17.0 Å².